The first kappa shape index (κ1) is 29.7. The van der Waals surface area contributed by atoms with Gasteiger partial charge in [0, 0.05) is 30.3 Å². The summed E-state index contributed by atoms with van der Waals surface area (Å²) in [6, 6.07) is 21.8. The molecule has 0 aliphatic rings. The molecule has 0 unspecified atom stereocenters. The van der Waals surface area contributed by atoms with Crippen LogP contribution in [0.4, 0.5) is 8.78 Å². The summed E-state index contributed by atoms with van der Waals surface area (Å²) < 4.78 is 33.7. The van der Waals surface area contributed by atoms with Crippen molar-refractivity contribution < 1.29 is 63.2 Å². The summed E-state index contributed by atoms with van der Waals surface area (Å²) in [6.07, 6.45) is -3.20. The van der Waals surface area contributed by atoms with Crippen LogP contribution in [0.3, 0.4) is 0 Å². The van der Waals surface area contributed by atoms with Gasteiger partial charge in [-0.2, -0.15) is 0 Å². The van der Waals surface area contributed by atoms with E-state index in [1.165, 1.54) is 24.3 Å². The fourth-order valence-corrected chi connectivity index (χ4v) is 4.64. The second kappa shape index (κ2) is 13.3. The van der Waals surface area contributed by atoms with Gasteiger partial charge in [0.1, 0.15) is 24.0 Å². The van der Waals surface area contributed by atoms with Gasteiger partial charge in [-0.05, 0) is 64.7 Å². The van der Waals surface area contributed by atoms with E-state index in [0.29, 0.717) is 5.75 Å². The van der Waals surface area contributed by atoms with Crippen LogP contribution in [-0.2, 0) is 4.79 Å². The molecule has 2 N–H and O–H groups in total. The van der Waals surface area contributed by atoms with E-state index in [9.17, 15) is 28.9 Å². The van der Waals surface area contributed by atoms with Gasteiger partial charge in [0.2, 0.25) is 0 Å². The molecule has 192 valence electrons. The number of halogens is 2. The number of aliphatic hydroxyl groups excluding tert-OH is 2. The number of hydrogen-bond acceptors (Lipinski definition) is 5. The van der Waals surface area contributed by atoms with Crippen molar-refractivity contribution in [3.63, 3.8) is 0 Å². The minimum atomic E-state index is -1.41. The molecule has 4 rings (SSSR count). The van der Waals surface area contributed by atoms with E-state index in [2.05, 4.69) is 0 Å². The number of ether oxygens (including phenoxy) is 1. The van der Waals surface area contributed by atoms with Crippen LogP contribution >= 0.6 is 0 Å². The molecule has 0 spiro atoms. The van der Waals surface area contributed by atoms with Crippen molar-refractivity contribution in [3.05, 3.63) is 113 Å². The first-order valence-electron chi connectivity index (χ1n) is 11.9. The molecule has 0 aliphatic carbocycles. The van der Waals surface area contributed by atoms with Gasteiger partial charge in [0.15, 0.2) is 0 Å². The molecule has 0 saturated heterocycles. The number of aliphatic carboxylic acids is 1. The van der Waals surface area contributed by atoms with E-state index in [-0.39, 0.29) is 54.2 Å². The molecule has 8 heteroatoms. The van der Waals surface area contributed by atoms with E-state index in [1.807, 2.05) is 37.3 Å². The maximum Gasteiger partial charge on any atom is 1.00 e. The zero-order valence-corrected chi connectivity index (χ0v) is 23.2. The quantitative estimate of drug-likeness (QED) is 0.239. The number of aliphatic hydroxyl groups is 2. The average molecular weight is 529 g/mol. The Bertz CT molecular complexity index is 1330. The smallest absolute Gasteiger partial charge is 0.550 e. The molecule has 4 aromatic rings. The molecule has 0 radical (unpaired) electrons. The fraction of sp³-hybridized carbons (Fsp3) is 0.233. The standard InChI is InChI=1S/C30H28F2O5.Na/c1-18-26-5-3-2-4-21(26)14-27(30(18)37-17-25(34)15-24(33)16-28(35)36)29(19-6-10-22(31)11-7-19)20-8-12-23(32)13-9-20;/h2-14,24-25,29,33-34H,15-17H2,1H3,(H,35,36);/q;+1/p-1/t24-,25+;/m1./s1. The minimum Gasteiger partial charge on any atom is -0.550 e. The number of rotatable bonds is 10. The molecule has 0 bridgehead atoms. The number of aryl methyl sites for hydroxylation is 1. The molecule has 0 heterocycles. The second-order valence-corrected chi connectivity index (χ2v) is 9.11. The molecule has 0 aromatic heterocycles. The van der Waals surface area contributed by atoms with Crippen molar-refractivity contribution >= 4 is 16.7 Å². The zero-order chi connectivity index (χ0) is 26.5. The summed E-state index contributed by atoms with van der Waals surface area (Å²) in [5.74, 6) is -2.13. The van der Waals surface area contributed by atoms with Crippen LogP contribution < -0.4 is 39.4 Å². The van der Waals surface area contributed by atoms with Crippen molar-refractivity contribution in [2.24, 2.45) is 0 Å². The molecule has 5 nitrogen and oxygen atoms in total. The second-order valence-electron chi connectivity index (χ2n) is 9.11. The van der Waals surface area contributed by atoms with E-state index in [0.717, 1.165) is 33.0 Å². The summed E-state index contributed by atoms with van der Waals surface area (Å²) >= 11 is 0. The third-order valence-corrected chi connectivity index (χ3v) is 6.36. The average Bonchev–Trinajstić information content (AvgIpc) is 2.85. The molecule has 4 aromatic carbocycles. The van der Waals surface area contributed by atoms with Crippen LogP contribution in [0.5, 0.6) is 5.75 Å². The monoisotopic (exact) mass is 528 g/mol. The Kier molecular flexibility index (Phi) is 10.4. The Hall–Kier alpha value is -2.81. The summed E-state index contributed by atoms with van der Waals surface area (Å²) in [5.41, 5.74) is 3.07. The molecule has 0 aliphatic heterocycles. The van der Waals surface area contributed by atoms with Gasteiger partial charge in [-0.1, -0.05) is 48.5 Å². The van der Waals surface area contributed by atoms with Gasteiger partial charge in [0.25, 0.3) is 0 Å². The van der Waals surface area contributed by atoms with E-state index >= 15 is 0 Å². The maximum absolute atomic E-state index is 13.8. The van der Waals surface area contributed by atoms with Crippen LogP contribution in [0.15, 0.2) is 78.9 Å². The molecular formula is C30H27F2NaO5. The van der Waals surface area contributed by atoms with Crippen molar-refractivity contribution in [2.45, 2.75) is 37.9 Å². The van der Waals surface area contributed by atoms with Gasteiger partial charge in [0.05, 0.1) is 12.2 Å². The summed E-state index contributed by atoms with van der Waals surface area (Å²) in [7, 11) is 0. The van der Waals surface area contributed by atoms with Gasteiger partial charge in [-0.15, -0.1) is 0 Å². The van der Waals surface area contributed by atoms with Gasteiger partial charge >= 0.3 is 29.6 Å². The van der Waals surface area contributed by atoms with E-state index < -0.39 is 30.5 Å². The normalized spacial score (nSPS) is 12.7. The SMILES string of the molecule is Cc1c(OC[C@@H](O)C[C@@H](O)CC(=O)[O-])c(C(c2ccc(F)cc2)c2ccc(F)cc2)cc2ccccc12.[Na+]. The van der Waals surface area contributed by atoms with Gasteiger partial charge in [-0.25, -0.2) is 8.78 Å². The summed E-state index contributed by atoms with van der Waals surface area (Å²) in [5, 5.41) is 32.9. The predicted molar refractivity (Wildman–Crippen MR) is 134 cm³/mol. The molecule has 0 saturated carbocycles. The van der Waals surface area contributed by atoms with Crippen molar-refractivity contribution in [1.82, 2.24) is 0 Å². The van der Waals surface area contributed by atoms with Gasteiger partial charge in [-0.3, -0.25) is 0 Å². The topological polar surface area (TPSA) is 89.8 Å². The third kappa shape index (κ3) is 7.18. The van der Waals surface area contributed by atoms with Crippen molar-refractivity contribution in [1.29, 1.82) is 0 Å². The van der Waals surface area contributed by atoms with Crippen LogP contribution in [-0.4, -0.2) is 35.0 Å². The Balaban J connectivity index is 0.00000400. The first-order chi connectivity index (χ1) is 17.7. The van der Waals surface area contributed by atoms with Gasteiger partial charge < -0.3 is 24.9 Å². The molecule has 0 fully saturated rings. The zero-order valence-electron chi connectivity index (χ0n) is 21.2. The number of hydrogen-bond donors (Lipinski definition) is 2. The number of benzene rings is 4. The number of carboxylic acids is 1. The Morgan fingerprint density at radius 3 is 2.00 bits per heavy atom. The van der Waals surface area contributed by atoms with Crippen molar-refractivity contribution in [2.75, 3.05) is 6.61 Å². The van der Waals surface area contributed by atoms with Crippen LogP contribution in [0.1, 0.15) is 41.0 Å². The van der Waals surface area contributed by atoms with Crippen LogP contribution in [0.25, 0.3) is 10.8 Å². The molecule has 0 amide bonds. The van der Waals surface area contributed by atoms with Crippen molar-refractivity contribution in [3.8, 4) is 5.75 Å². The Morgan fingerprint density at radius 2 is 1.45 bits per heavy atom. The first-order valence-corrected chi connectivity index (χ1v) is 11.9. The molecule has 2 atom stereocenters. The fourth-order valence-electron chi connectivity index (χ4n) is 4.64. The maximum atomic E-state index is 13.8. The minimum absolute atomic E-state index is 0. The number of carboxylic acid groups (broad SMARTS) is 1. The van der Waals surface area contributed by atoms with E-state index in [1.54, 1.807) is 24.3 Å². The van der Waals surface area contributed by atoms with Crippen LogP contribution in [0, 0.1) is 18.6 Å². The number of carbonyl (C=O) groups is 1. The number of fused-ring (bicyclic) bond motifs is 1. The predicted octanol–water partition coefficient (Wildman–Crippen LogP) is 1.24. The van der Waals surface area contributed by atoms with Crippen LogP contribution in [0.2, 0.25) is 0 Å². The summed E-state index contributed by atoms with van der Waals surface area (Å²) in [6.45, 7) is 1.70. The number of carbonyl (C=O) groups excluding carboxylic acids is 1. The van der Waals surface area contributed by atoms with E-state index in [4.69, 9.17) is 4.74 Å². The molecule has 38 heavy (non-hydrogen) atoms. The Morgan fingerprint density at radius 1 is 0.895 bits per heavy atom. The Labute approximate surface area is 242 Å². The largest absolute Gasteiger partial charge is 1.00 e. The summed E-state index contributed by atoms with van der Waals surface area (Å²) in [4.78, 5) is 10.7. The molecular weight excluding hydrogens is 501 g/mol. The third-order valence-electron chi connectivity index (χ3n) is 6.36.